The number of rotatable bonds is 6. The number of aryl methyl sites for hydroxylation is 1. The van der Waals surface area contributed by atoms with Crippen LogP contribution in [0.4, 0.5) is 0 Å². The van der Waals surface area contributed by atoms with Crippen LogP contribution < -0.4 is 15.6 Å². The van der Waals surface area contributed by atoms with Gasteiger partial charge in [0.25, 0.3) is 11.5 Å². The molecule has 2 heterocycles. The number of hydrogen-bond donors (Lipinski definition) is 1. The molecule has 0 saturated carbocycles. The van der Waals surface area contributed by atoms with Gasteiger partial charge in [-0.3, -0.25) is 14.2 Å². The van der Waals surface area contributed by atoms with Crippen molar-refractivity contribution >= 4 is 17.1 Å². The monoisotopic (exact) mass is 366 g/mol. The molecule has 0 bridgehead atoms. The number of hydrogen-bond acceptors (Lipinski definition) is 5. The normalized spacial score (nSPS) is 11.0. The Hall–Kier alpha value is -3.22. The summed E-state index contributed by atoms with van der Waals surface area (Å²) in [6.45, 7) is 6.45. The lowest BCUT2D eigenvalue weighted by molar-refractivity contribution is 0.0944. The highest BCUT2D eigenvalue weighted by atomic mass is 16.5. The van der Waals surface area contributed by atoms with Gasteiger partial charge in [-0.2, -0.15) is 0 Å². The molecular weight excluding hydrogens is 344 g/mol. The summed E-state index contributed by atoms with van der Waals surface area (Å²) >= 11 is 0. The van der Waals surface area contributed by atoms with Gasteiger partial charge in [0.15, 0.2) is 11.3 Å². The van der Waals surface area contributed by atoms with Crippen LogP contribution in [0.5, 0.6) is 5.75 Å². The zero-order valence-electron chi connectivity index (χ0n) is 15.6. The lowest BCUT2D eigenvalue weighted by Gasteiger charge is -2.11. The lowest BCUT2D eigenvalue weighted by atomic mass is 10.2. The van der Waals surface area contributed by atoms with Crippen LogP contribution in [0.3, 0.4) is 0 Å². The molecule has 0 radical (unpaired) electrons. The van der Waals surface area contributed by atoms with Gasteiger partial charge in [-0.25, -0.2) is 9.97 Å². The summed E-state index contributed by atoms with van der Waals surface area (Å²) in [5.41, 5.74) is 1.32. The molecule has 2 aromatic heterocycles. The first-order valence-corrected chi connectivity index (χ1v) is 8.89. The third-order valence-electron chi connectivity index (χ3n) is 3.98. The van der Waals surface area contributed by atoms with Gasteiger partial charge < -0.3 is 10.1 Å². The van der Waals surface area contributed by atoms with Gasteiger partial charge in [-0.05, 0) is 50.6 Å². The van der Waals surface area contributed by atoms with Crippen molar-refractivity contribution in [2.24, 2.45) is 0 Å². The standard InChI is InChI=1S/C20H22N4O3/c1-4-24-18-16(6-5-11-21-18)23-17(20(24)26)19(25)22-12-14-7-9-15(10-8-14)27-13(2)3/h5-11,13H,4,12H2,1-3H3,(H,22,25). The second kappa shape index (κ2) is 7.99. The molecule has 7 nitrogen and oxygen atoms in total. The number of carbonyl (C=O) groups excluding carboxylic acids is 1. The molecular formula is C20H22N4O3. The Balaban J connectivity index is 1.78. The molecule has 0 aliphatic carbocycles. The molecule has 0 aliphatic rings. The van der Waals surface area contributed by atoms with Crippen LogP contribution in [0.15, 0.2) is 47.4 Å². The fourth-order valence-electron chi connectivity index (χ4n) is 2.74. The lowest BCUT2D eigenvalue weighted by Crippen LogP contribution is -2.34. The van der Waals surface area contributed by atoms with E-state index in [9.17, 15) is 9.59 Å². The van der Waals surface area contributed by atoms with Gasteiger partial charge in [0.2, 0.25) is 0 Å². The molecule has 1 N–H and O–H groups in total. The Morgan fingerprint density at radius 1 is 1.22 bits per heavy atom. The molecule has 0 spiro atoms. The SMILES string of the molecule is CCn1c(=O)c(C(=O)NCc2ccc(OC(C)C)cc2)nc2cccnc21. The number of carbonyl (C=O) groups is 1. The van der Waals surface area contributed by atoms with Crippen molar-refractivity contribution in [2.45, 2.75) is 40.0 Å². The van der Waals surface area contributed by atoms with E-state index >= 15 is 0 Å². The molecule has 1 amide bonds. The smallest absolute Gasteiger partial charge is 0.283 e. The second-order valence-electron chi connectivity index (χ2n) is 6.35. The maximum atomic E-state index is 12.6. The predicted molar refractivity (Wildman–Crippen MR) is 103 cm³/mol. The Labute approximate surface area is 157 Å². The second-order valence-corrected chi connectivity index (χ2v) is 6.35. The number of nitrogens with one attached hydrogen (secondary N) is 1. The quantitative estimate of drug-likeness (QED) is 0.724. The van der Waals surface area contributed by atoms with Crippen LogP contribution in [0.1, 0.15) is 36.8 Å². The van der Waals surface area contributed by atoms with E-state index in [0.29, 0.717) is 24.3 Å². The fraction of sp³-hybridized carbons (Fsp3) is 0.300. The van der Waals surface area contributed by atoms with Crippen LogP contribution >= 0.6 is 0 Å². The maximum Gasteiger partial charge on any atom is 0.283 e. The number of aromatic nitrogens is 3. The molecule has 0 unspecified atom stereocenters. The van der Waals surface area contributed by atoms with Gasteiger partial charge in [-0.1, -0.05) is 12.1 Å². The molecule has 3 rings (SSSR count). The zero-order chi connectivity index (χ0) is 19.4. The van der Waals surface area contributed by atoms with Crippen molar-refractivity contribution in [1.29, 1.82) is 0 Å². The molecule has 0 atom stereocenters. The highest BCUT2D eigenvalue weighted by Crippen LogP contribution is 2.14. The minimum absolute atomic E-state index is 0.102. The van der Waals surface area contributed by atoms with Crippen molar-refractivity contribution in [1.82, 2.24) is 19.9 Å². The summed E-state index contributed by atoms with van der Waals surface area (Å²) in [5, 5.41) is 2.76. The number of pyridine rings is 1. The van der Waals surface area contributed by atoms with Crippen LogP contribution in [-0.4, -0.2) is 26.5 Å². The molecule has 27 heavy (non-hydrogen) atoms. The third-order valence-corrected chi connectivity index (χ3v) is 3.98. The molecule has 140 valence electrons. The van der Waals surface area contributed by atoms with E-state index in [1.807, 2.05) is 45.0 Å². The van der Waals surface area contributed by atoms with Gasteiger partial charge in [-0.15, -0.1) is 0 Å². The van der Waals surface area contributed by atoms with Gasteiger partial charge in [0.1, 0.15) is 11.3 Å². The first-order valence-electron chi connectivity index (χ1n) is 8.89. The van der Waals surface area contributed by atoms with Crippen molar-refractivity contribution in [3.8, 4) is 5.75 Å². The van der Waals surface area contributed by atoms with Crippen LogP contribution in [0.25, 0.3) is 11.2 Å². The summed E-state index contributed by atoms with van der Waals surface area (Å²) in [5.74, 6) is 0.269. The Bertz CT molecular complexity index is 1010. The van der Waals surface area contributed by atoms with Crippen molar-refractivity contribution in [2.75, 3.05) is 0 Å². The highest BCUT2D eigenvalue weighted by Gasteiger charge is 2.17. The van der Waals surface area contributed by atoms with E-state index in [1.54, 1.807) is 18.3 Å². The van der Waals surface area contributed by atoms with Crippen LogP contribution in [0, 0.1) is 0 Å². The zero-order valence-corrected chi connectivity index (χ0v) is 15.6. The number of amides is 1. The number of benzene rings is 1. The van der Waals surface area contributed by atoms with Crippen molar-refractivity contribution in [3.63, 3.8) is 0 Å². The predicted octanol–water partition coefficient (Wildman–Crippen LogP) is 2.53. The van der Waals surface area contributed by atoms with E-state index in [0.717, 1.165) is 11.3 Å². The van der Waals surface area contributed by atoms with E-state index < -0.39 is 11.5 Å². The molecule has 0 fully saturated rings. The topological polar surface area (TPSA) is 86.1 Å². The summed E-state index contributed by atoms with van der Waals surface area (Å²) < 4.78 is 7.05. The summed E-state index contributed by atoms with van der Waals surface area (Å²) in [6, 6.07) is 10.9. The summed E-state index contributed by atoms with van der Waals surface area (Å²) in [7, 11) is 0. The molecule has 0 saturated heterocycles. The molecule has 3 aromatic rings. The average molecular weight is 366 g/mol. The van der Waals surface area contributed by atoms with Crippen LogP contribution in [0.2, 0.25) is 0 Å². The Morgan fingerprint density at radius 3 is 2.63 bits per heavy atom. The van der Waals surface area contributed by atoms with Gasteiger partial charge >= 0.3 is 0 Å². The van der Waals surface area contributed by atoms with Crippen LogP contribution in [-0.2, 0) is 13.1 Å². The first kappa shape index (κ1) is 18.6. The molecule has 0 aliphatic heterocycles. The number of nitrogens with zero attached hydrogens (tertiary/aromatic N) is 3. The first-order chi connectivity index (χ1) is 13.0. The highest BCUT2D eigenvalue weighted by molar-refractivity contribution is 5.93. The summed E-state index contributed by atoms with van der Waals surface area (Å²) in [6.07, 6.45) is 1.70. The van der Waals surface area contributed by atoms with Gasteiger partial charge in [0.05, 0.1) is 6.10 Å². The molecule has 1 aromatic carbocycles. The number of ether oxygens (including phenoxy) is 1. The minimum atomic E-state index is -0.504. The van der Waals surface area contributed by atoms with Gasteiger partial charge in [0, 0.05) is 19.3 Å². The largest absolute Gasteiger partial charge is 0.491 e. The van der Waals surface area contributed by atoms with Crippen molar-refractivity contribution < 1.29 is 9.53 Å². The van der Waals surface area contributed by atoms with E-state index in [1.165, 1.54) is 4.57 Å². The fourth-order valence-corrected chi connectivity index (χ4v) is 2.74. The minimum Gasteiger partial charge on any atom is -0.491 e. The van der Waals surface area contributed by atoms with E-state index in [4.69, 9.17) is 4.74 Å². The van der Waals surface area contributed by atoms with Crippen molar-refractivity contribution in [3.05, 3.63) is 64.2 Å². The molecule has 7 heteroatoms. The third kappa shape index (κ3) is 4.13. The summed E-state index contributed by atoms with van der Waals surface area (Å²) in [4.78, 5) is 33.5. The Kier molecular flexibility index (Phi) is 5.49. The maximum absolute atomic E-state index is 12.6. The van der Waals surface area contributed by atoms with E-state index in [-0.39, 0.29) is 11.8 Å². The number of fused-ring (bicyclic) bond motifs is 1. The average Bonchev–Trinajstić information content (AvgIpc) is 2.66. The van der Waals surface area contributed by atoms with E-state index in [2.05, 4.69) is 15.3 Å². The Morgan fingerprint density at radius 2 is 1.96 bits per heavy atom.